The van der Waals surface area contributed by atoms with Gasteiger partial charge in [-0.05, 0) is 37.3 Å². The molecule has 2 heterocycles. The maximum Gasteiger partial charge on any atom is 0.105 e. The molecule has 2 saturated heterocycles. The van der Waals surface area contributed by atoms with Crippen molar-refractivity contribution in [3.8, 4) is 0 Å². The first-order chi connectivity index (χ1) is 8.56. The third-order valence-electron chi connectivity index (χ3n) is 4.26. The molecule has 0 aliphatic carbocycles. The molecule has 5 atom stereocenters. The molecule has 3 nitrogen and oxygen atoms in total. The number of fused-ring (bicyclic) bond motifs is 1. The molecule has 99 valence electrons. The van der Waals surface area contributed by atoms with Crippen molar-refractivity contribution in [2.24, 2.45) is 5.92 Å². The van der Waals surface area contributed by atoms with E-state index >= 15 is 0 Å². The normalized spacial score (nSPS) is 36.9. The summed E-state index contributed by atoms with van der Waals surface area (Å²) in [6.07, 6.45) is 0.728. The summed E-state index contributed by atoms with van der Waals surface area (Å²) in [7, 11) is 0. The van der Waals surface area contributed by atoms with E-state index in [1.807, 2.05) is 0 Å². The van der Waals surface area contributed by atoms with E-state index in [-0.39, 0.29) is 69.6 Å². The number of aryl methyl sites for hydroxylation is 2. The summed E-state index contributed by atoms with van der Waals surface area (Å²) in [6, 6.07) is 6.72. The first-order valence-electron chi connectivity index (χ1n) is 6.73. The van der Waals surface area contributed by atoms with Gasteiger partial charge in [-0.15, -0.1) is 0 Å². The summed E-state index contributed by atoms with van der Waals surface area (Å²) in [5.41, 5.74) is 3.79. The standard InChI is InChI=1S/C15H21NO2.K/c1-8-4-5-11(9(2)6-8)15-13-14(18-15)10(3)7-12(17)16-13;/h4-6,10,12-17H,7H2,1-3H3;. The van der Waals surface area contributed by atoms with Crippen molar-refractivity contribution >= 4 is 51.4 Å². The molecule has 2 N–H and O–H groups in total. The van der Waals surface area contributed by atoms with Crippen LogP contribution in [0.25, 0.3) is 0 Å². The third kappa shape index (κ3) is 3.01. The first-order valence-corrected chi connectivity index (χ1v) is 6.73. The van der Waals surface area contributed by atoms with Crippen LogP contribution >= 0.6 is 0 Å². The molecule has 0 aromatic heterocycles. The molecule has 2 fully saturated rings. The molecule has 1 aromatic carbocycles. The zero-order valence-electron chi connectivity index (χ0n) is 12.2. The van der Waals surface area contributed by atoms with E-state index in [1.54, 1.807) is 0 Å². The average Bonchev–Trinajstić information content (AvgIpc) is 2.26. The molecule has 0 amide bonds. The molecule has 4 heteroatoms. The van der Waals surface area contributed by atoms with E-state index in [0.717, 1.165) is 6.42 Å². The van der Waals surface area contributed by atoms with Crippen LogP contribution in [0.15, 0.2) is 18.2 Å². The van der Waals surface area contributed by atoms with E-state index in [0.29, 0.717) is 5.92 Å². The monoisotopic (exact) mass is 286 g/mol. The number of aliphatic hydroxyl groups excluding tert-OH is 1. The minimum absolute atomic E-state index is 0. The van der Waals surface area contributed by atoms with Gasteiger partial charge in [0.05, 0.1) is 12.1 Å². The van der Waals surface area contributed by atoms with Crippen LogP contribution in [-0.2, 0) is 4.74 Å². The third-order valence-corrected chi connectivity index (χ3v) is 4.26. The summed E-state index contributed by atoms with van der Waals surface area (Å²) in [6.45, 7) is 6.38. The van der Waals surface area contributed by atoms with Crippen LogP contribution in [0, 0.1) is 19.8 Å². The van der Waals surface area contributed by atoms with Gasteiger partial charge in [-0.25, -0.2) is 0 Å². The van der Waals surface area contributed by atoms with E-state index in [9.17, 15) is 5.11 Å². The Morgan fingerprint density at radius 2 is 2.05 bits per heavy atom. The fraction of sp³-hybridized carbons (Fsp3) is 0.600. The number of benzene rings is 1. The Labute approximate surface area is 157 Å². The van der Waals surface area contributed by atoms with Gasteiger partial charge in [-0.3, -0.25) is 5.32 Å². The smallest absolute Gasteiger partial charge is 0.105 e. The van der Waals surface area contributed by atoms with Crippen LogP contribution in [0.5, 0.6) is 0 Å². The Hall–Kier alpha value is 0.736. The van der Waals surface area contributed by atoms with Gasteiger partial charge in [0.15, 0.2) is 0 Å². The Morgan fingerprint density at radius 3 is 2.74 bits per heavy atom. The quantitative estimate of drug-likeness (QED) is 0.772. The van der Waals surface area contributed by atoms with Gasteiger partial charge in [-0.2, -0.15) is 0 Å². The summed E-state index contributed by atoms with van der Waals surface area (Å²) in [5, 5.41) is 13.1. The number of hydrogen-bond acceptors (Lipinski definition) is 3. The number of hydrogen-bond donors (Lipinski definition) is 2. The van der Waals surface area contributed by atoms with E-state index < -0.39 is 6.23 Å². The summed E-state index contributed by atoms with van der Waals surface area (Å²) in [5.74, 6) is 0.424. The van der Waals surface area contributed by atoms with Gasteiger partial charge in [-0.1, -0.05) is 30.7 Å². The molecule has 3 rings (SSSR count). The van der Waals surface area contributed by atoms with Crippen LogP contribution in [0.1, 0.15) is 36.1 Å². The molecule has 2 aliphatic rings. The van der Waals surface area contributed by atoms with Crippen LogP contribution in [0.3, 0.4) is 0 Å². The van der Waals surface area contributed by atoms with Gasteiger partial charge in [0, 0.05) is 51.4 Å². The Bertz CT molecular complexity index is 465. The van der Waals surface area contributed by atoms with Gasteiger partial charge in [0.25, 0.3) is 0 Å². The SMILES string of the molecule is Cc1ccc(C2OC3C(C)CC(O)NC23)c(C)c1.[K]. The van der Waals surface area contributed by atoms with Crippen molar-refractivity contribution in [2.45, 2.75) is 51.7 Å². The van der Waals surface area contributed by atoms with Crippen molar-refractivity contribution < 1.29 is 9.84 Å². The Morgan fingerprint density at radius 1 is 1.32 bits per heavy atom. The van der Waals surface area contributed by atoms with Crippen molar-refractivity contribution in [1.82, 2.24) is 5.32 Å². The molecule has 0 spiro atoms. The number of ether oxygens (including phenoxy) is 1. The van der Waals surface area contributed by atoms with Crippen LogP contribution in [0.4, 0.5) is 0 Å². The number of aliphatic hydroxyl groups is 1. The molecule has 0 bridgehead atoms. The molecule has 1 radical (unpaired) electrons. The number of nitrogens with one attached hydrogen (secondary N) is 1. The maximum absolute atomic E-state index is 9.81. The predicted octanol–water partition coefficient (Wildman–Crippen LogP) is 1.68. The van der Waals surface area contributed by atoms with Crippen LogP contribution < -0.4 is 5.32 Å². The number of piperidine rings is 1. The minimum Gasteiger partial charge on any atom is -0.379 e. The van der Waals surface area contributed by atoms with Gasteiger partial charge in [0.1, 0.15) is 12.3 Å². The fourth-order valence-electron chi connectivity index (χ4n) is 3.28. The van der Waals surface area contributed by atoms with Crippen LogP contribution in [-0.4, -0.2) is 74.9 Å². The summed E-state index contributed by atoms with van der Waals surface area (Å²) < 4.78 is 6.04. The predicted molar refractivity (Wildman–Crippen MR) is 76.0 cm³/mol. The van der Waals surface area contributed by atoms with Crippen molar-refractivity contribution in [2.75, 3.05) is 0 Å². The van der Waals surface area contributed by atoms with Gasteiger partial charge < -0.3 is 9.84 Å². The zero-order chi connectivity index (χ0) is 12.9. The second-order valence-corrected chi connectivity index (χ2v) is 5.80. The van der Waals surface area contributed by atoms with Crippen molar-refractivity contribution in [3.63, 3.8) is 0 Å². The second-order valence-electron chi connectivity index (χ2n) is 5.80. The number of rotatable bonds is 1. The topological polar surface area (TPSA) is 41.5 Å². The molecule has 5 unspecified atom stereocenters. The average molecular weight is 286 g/mol. The van der Waals surface area contributed by atoms with Crippen LogP contribution in [0.2, 0.25) is 0 Å². The summed E-state index contributed by atoms with van der Waals surface area (Å²) in [4.78, 5) is 0. The summed E-state index contributed by atoms with van der Waals surface area (Å²) >= 11 is 0. The molecular formula is C15H21KNO2. The zero-order valence-corrected chi connectivity index (χ0v) is 15.3. The second kappa shape index (κ2) is 6.24. The molecular weight excluding hydrogens is 265 g/mol. The van der Waals surface area contributed by atoms with Crippen molar-refractivity contribution in [3.05, 3.63) is 34.9 Å². The first kappa shape index (κ1) is 16.1. The van der Waals surface area contributed by atoms with Gasteiger partial charge >= 0.3 is 0 Å². The molecule has 2 aliphatic heterocycles. The fourth-order valence-corrected chi connectivity index (χ4v) is 3.28. The Balaban J connectivity index is 0.00000133. The van der Waals surface area contributed by atoms with Gasteiger partial charge in [0.2, 0.25) is 0 Å². The Kier molecular flexibility index (Phi) is 5.29. The maximum atomic E-state index is 9.81. The molecule has 19 heavy (non-hydrogen) atoms. The molecule has 0 saturated carbocycles. The van der Waals surface area contributed by atoms with E-state index in [4.69, 9.17) is 4.74 Å². The molecule has 1 aromatic rings. The van der Waals surface area contributed by atoms with Crippen molar-refractivity contribution in [1.29, 1.82) is 0 Å². The minimum atomic E-state index is -0.390. The van der Waals surface area contributed by atoms with E-state index in [2.05, 4.69) is 44.3 Å². The van der Waals surface area contributed by atoms with E-state index in [1.165, 1.54) is 16.7 Å². The largest absolute Gasteiger partial charge is 0.379 e.